The van der Waals surface area contributed by atoms with Gasteiger partial charge in [0.25, 0.3) is 0 Å². The van der Waals surface area contributed by atoms with E-state index < -0.39 is 0 Å². The Balaban J connectivity index is 2.21. The molecule has 0 aliphatic heterocycles. The zero-order valence-electron chi connectivity index (χ0n) is 11.0. The smallest absolute Gasteiger partial charge is 0.128 e. The van der Waals surface area contributed by atoms with Gasteiger partial charge in [0.1, 0.15) is 11.5 Å². The summed E-state index contributed by atoms with van der Waals surface area (Å²) in [5.41, 5.74) is 2.16. The molecule has 0 saturated carbocycles. The number of hydrogen-bond donors (Lipinski definition) is 0. The normalized spacial score (nSPS) is 10.8. The van der Waals surface area contributed by atoms with Crippen molar-refractivity contribution in [2.45, 2.75) is 25.6 Å². The van der Waals surface area contributed by atoms with Crippen molar-refractivity contribution in [3.05, 3.63) is 58.6 Å². The summed E-state index contributed by atoms with van der Waals surface area (Å²) in [5, 5.41) is 0.632. The molecule has 19 heavy (non-hydrogen) atoms. The lowest BCUT2D eigenvalue weighted by Crippen LogP contribution is -1.90. The number of rotatable bonds is 4. The average molecular weight is 295 g/mol. The zero-order valence-corrected chi connectivity index (χ0v) is 12.5. The topological polar surface area (TPSA) is 9.23 Å². The van der Waals surface area contributed by atoms with Crippen LogP contribution in [0.25, 0.3) is 0 Å². The molecule has 2 aromatic carbocycles. The molecule has 0 spiro atoms. The summed E-state index contributed by atoms with van der Waals surface area (Å²) in [6.45, 7) is 4.32. The fourth-order valence-electron chi connectivity index (χ4n) is 1.77. The first-order valence-electron chi connectivity index (χ1n) is 6.22. The number of benzene rings is 2. The lowest BCUT2D eigenvalue weighted by molar-refractivity contribution is 0.481. The number of alkyl halides is 1. The maximum Gasteiger partial charge on any atom is 0.128 e. The van der Waals surface area contributed by atoms with E-state index in [-0.39, 0.29) is 0 Å². The molecule has 0 heterocycles. The first-order chi connectivity index (χ1) is 9.10. The number of hydrogen-bond acceptors (Lipinski definition) is 1. The molecular formula is C16H16Cl2O. The van der Waals surface area contributed by atoms with E-state index in [1.165, 1.54) is 5.56 Å². The summed E-state index contributed by atoms with van der Waals surface area (Å²) in [6, 6.07) is 13.6. The summed E-state index contributed by atoms with van der Waals surface area (Å²) >= 11 is 11.9. The highest BCUT2D eigenvalue weighted by Crippen LogP contribution is 2.29. The molecule has 0 unspecified atom stereocenters. The average Bonchev–Trinajstić information content (AvgIpc) is 2.39. The van der Waals surface area contributed by atoms with E-state index in [4.69, 9.17) is 27.9 Å². The molecule has 0 N–H and O–H groups in total. The molecule has 0 aliphatic rings. The van der Waals surface area contributed by atoms with Gasteiger partial charge in [-0.2, -0.15) is 0 Å². The molecule has 100 valence electrons. The van der Waals surface area contributed by atoms with Gasteiger partial charge in [-0.05, 0) is 41.3 Å². The first kappa shape index (κ1) is 14.2. The third kappa shape index (κ3) is 3.65. The van der Waals surface area contributed by atoms with Gasteiger partial charge in [-0.3, -0.25) is 0 Å². The SMILES string of the molecule is CC(C)c1cccc(Oc2ccc(CCl)c(Cl)c2)c1. The third-order valence-corrected chi connectivity index (χ3v) is 3.57. The van der Waals surface area contributed by atoms with Crippen LogP contribution in [0.15, 0.2) is 42.5 Å². The van der Waals surface area contributed by atoms with Gasteiger partial charge >= 0.3 is 0 Å². The molecule has 0 bridgehead atoms. The van der Waals surface area contributed by atoms with Gasteiger partial charge in [0.2, 0.25) is 0 Å². The Bertz CT molecular complexity index is 564. The predicted molar refractivity (Wildman–Crippen MR) is 81.6 cm³/mol. The summed E-state index contributed by atoms with van der Waals surface area (Å²) in [4.78, 5) is 0. The van der Waals surface area contributed by atoms with E-state index in [0.717, 1.165) is 17.1 Å². The van der Waals surface area contributed by atoms with Crippen LogP contribution in [-0.2, 0) is 5.88 Å². The Morgan fingerprint density at radius 3 is 2.42 bits per heavy atom. The summed E-state index contributed by atoms with van der Waals surface area (Å²) in [7, 11) is 0. The molecule has 0 saturated heterocycles. The van der Waals surface area contributed by atoms with Gasteiger partial charge in [0.05, 0.1) is 0 Å². The summed E-state index contributed by atoms with van der Waals surface area (Å²) in [6.07, 6.45) is 0. The second-order valence-corrected chi connectivity index (χ2v) is 5.39. The lowest BCUT2D eigenvalue weighted by atomic mass is 10.0. The minimum Gasteiger partial charge on any atom is -0.457 e. The van der Waals surface area contributed by atoms with Gasteiger partial charge < -0.3 is 4.74 Å². The Morgan fingerprint density at radius 2 is 1.79 bits per heavy atom. The number of halogens is 2. The molecule has 0 atom stereocenters. The van der Waals surface area contributed by atoms with Crippen molar-refractivity contribution in [1.82, 2.24) is 0 Å². The zero-order chi connectivity index (χ0) is 13.8. The van der Waals surface area contributed by atoms with E-state index >= 15 is 0 Å². The summed E-state index contributed by atoms with van der Waals surface area (Å²) < 4.78 is 5.82. The lowest BCUT2D eigenvalue weighted by Gasteiger charge is -2.10. The predicted octanol–water partition coefficient (Wildman–Crippen LogP) is 5.99. The van der Waals surface area contributed by atoms with Gasteiger partial charge in [-0.25, -0.2) is 0 Å². The van der Waals surface area contributed by atoms with Crippen LogP contribution < -0.4 is 4.74 Å². The minimum absolute atomic E-state index is 0.405. The van der Waals surface area contributed by atoms with E-state index in [2.05, 4.69) is 19.9 Å². The second kappa shape index (κ2) is 6.31. The van der Waals surface area contributed by atoms with Crippen LogP contribution in [-0.4, -0.2) is 0 Å². The van der Waals surface area contributed by atoms with Crippen molar-refractivity contribution >= 4 is 23.2 Å². The largest absolute Gasteiger partial charge is 0.457 e. The third-order valence-electron chi connectivity index (χ3n) is 2.93. The second-order valence-electron chi connectivity index (χ2n) is 4.72. The minimum atomic E-state index is 0.405. The van der Waals surface area contributed by atoms with Crippen LogP contribution in [0.2, 0.25) is 5.02 Å². The van der Waals surface area contributed by atoms with E-state index in [0.29, 0.717) is 16.8 Å². The van der Waals surface area contributed by atoms with Crippen molar-refractivity contribution in [3.8, 4) is 11.5 Å². The quantitative estimate of drug-likeness (QED) is 0.629. The first-order valence-corrected chi connectivity index (χ1v) is 7.13. The standard InChI is InChI=1S/C16H16Cl2O/c1-11(2)12-4-3-5-14(8-12)19-15-7-6-13(10-17)16(18)9-15/h3-9,11H,10H2,1-2H3. The van der Waals surface area contributed by atoms with Crippen molar-refractivity contribution < 1.29 is 4.74 Å². The Hall–Kier alpha value is -1.18. The molecular weight excluding hydrogens is 279 g/mol. The number of ether oxygens (including phenoxy) is 1. The van der Waals surface area contributed by atoms with Gasteiger partial charge in [-0.1, -0.05) is 43.6 Å². The molecule has 2 rings (SSSR count). The maximum absolute atomic E-state index is 6.11. The van der Waals surface area contributed by atoms with Crippen LogP contribution in [0.1, 0.15) is 30.9 Å². The molecule has 0 radical (unpaired) electrons. The molecule has 2 aromatic rings. The Kier molecular flexibility index (Phi) is 4.73. The van der Waals surface area contributed by atoms with Crippen molar-refractivity contribution in [3.63, 3.8) is 0 Å². The van der Waals surface area contributed by atoms with Crippen LogP contribution in [0.4, 0.5) is 0 Å². The van der Waals surface area contributed by atoms with Gasteiger partial charge in [0, 0.05) is 10.9 Å². The summed E-state index contributed by atoms with van der Waals surface area (Å²) in [5.74, 6) is 2.42. The van der Waals surface area contributed by atoms with Crippen LogP contribution in [0, 0.1) is 0 Å². The molecule has 3 heteroatoms. The Labute approximate surface area is 124 Å². The van der Waals surface area contributed by atoms with E-state index in [9.17, 15) is 0 Å². The molecule has 0 aliphatic carbocycles. The molecule has 0 aromatic heterocycles. The molecule has 0 amide bonds. The molecule has 0 fully saturated rings. The highest BCUT2D eigenvalue weighted by atomic mass is 35.5. The molecule has 1 nitrogen and oxygen atoms in total. The van der Waals surface area contributed by atoms with E-state index in [1.54, 1.807) is 6.07 Å². The van der Waals surface area contributed by atoms with E-state index in [1.807, 2.05) is 30.3 Å². The fraction of sp³-hybridized carbons (Fsp3) is 0.250. The maximum atomic E-state index is 6.11. The van der Waals surface area contributed by atoms with Crippen LogP contribution >= 0.6 is 23.2 Å². The van der Waals surface area contributed by atoms with Gasteiger partial charge in [-0.15, -0.1) is 11.6 Å². The highest BCUT2D eigenvalue weighted by Gasteiger charge is 2.05. The van der Waals surface area contributed by atoms with Crippen LogP contribution in [0.3, 0.4) is 0 Å². The fourth-order valence-corrected chi connectivity index (χ4v) is 2.31. The van der Waals surface area contributed by atoms with Crippen molar-refractivity contribution in [2.24, 2.45) is 0 Å². The highest BCUT2D eigenvalue weighted by molar-refractivity contribution is 6.32. The van der Waals surface area contributed by atoms with Crippen molar-refractivity contribution in [2.75, 3.05) is 0 Å². The van der Waals surface area contributed by atoms with Gasteiger partial charge in [0.15, 0.2) is 0 Å². The van der Waals surface area contributed by atoms with Crippen LogP contribution in [0.5, 0.6) is 11.5 Å². The van der Waals surface area contributed by atoms with Crippen molar-refractivity contribution in [1.29, 1.82) is 0 Å². The Morgan fingerprint density at radius 1 is 1.05 bits per heavy atom. The monoisotopic (exact) mass is 294 g/mol.